The van der Waals surface area contributed by atoms with Crippen LogP contribution in [0.25, 0.3) is 0 Å². The van der Waals surface area contributed by atoms with Crippen LogP contribution in [0.1, 0.15) is 19.4 Å². The Hall–Kier alpha value is -0.980. The molecule has 1 aliphatic carbocycles. The highest BCUT2D eigenvalue weighted by atomic mass is 16.8. The van der Waals surface area contributed by atoms with Gasteiger partial charge in [0.15, 0.2) is 5.79 Å². The quantitative estimate of drug-likeness (QED) is 0.846. The zero-order valence-corrected chi connectivity index (χ0v) is 12.2. The van der Waals surface area contributed by atoms with Gasteiger partial charge in [0, 0.05) is 0 Å². The molecule has 2 saturated heterocycles. The van der Waals surface area contributed by atoms with Gasteiger partial charge in [-0.2, -0.15) is 0 Å². The Morgan fingerprint density at radius 3 is 2.62 bits per heavy atom. The first-order valence-electron chi connectivity index (χ1n) is 7.35. The van der Waals surface area contributed by atoms with Crippen molar-refractivity contribution in [2.45, 2.75) is 56.3 Å². The van der Waals surface area contributed by atoms with Gasteiger partial charge in [0.1, 0.15) is 30.0 Å². The molecule has 0 bridgehead atoms. The predicted molar refractivity (Wildman–Crippen MR) is 73.5 cm³/mol. The molecule has 0 amide bonds. The van der Waals surface area contributed by atoms with Crippen LogP contribution in [0.3, 0.4) is 0 Å². The normalized spacial score (nSPS) is 42.6. The van der Waals surface area contributed by atoms with Crippen molar-refractivity contribution in [3.8, 4) is 0 Å². The van der Waals surface area contributed by atoms with Crippen LogP contribution in [0.4, 0.5) is 0 Å². The molecule has 5 atom stereocenters. The number of rotatable bonds is 4. The summed E-state index contributed by atoms with van der Waals surface area (Å²) in [5.41, 5.74) is 0.567. The molecule has 3 aliphatic rings. The Labute approximate surface area is 123 Å². The van der Waals surface area contributed by atoms with E-state index in [-0.39, 0.29) is 18.3 Å². The van der Waals surface area contributed by atoms with Crippen LogP contribution in [0.2, 0.25) is 0 Å². The van der Waals surface area contributed by atoms with E-state index in [1.54, 1.807) is 0 Å². The van der Waals surface area contributed by atoms with Gasteiger partial charge in [0.2, 0.25) is 0 Å². The van der Waals surface area contributed by atoms with Crippen molar-refractivity contribution in [2.24, 2.45) is 0 Å². The van der Waals surface area contributed by atoms with Crippen LogP contribution >= 0.6 is 0 Å². The van der Waals surface area contributed by atoms with Crippen molar-refractivity contribution in [1.82, 2.24) is 0 Å². The average molecular weight is 292 g/mol. The number of benzene rings is 1. The summed E-state index contributed by atoms with van der Waals surface area (Å²) in [5, 5.41) is 10.2. The minimum Gasteiger partial charge on any atom is -0.387 e. The zero-order chi connectivity index (χ0) is 14.7. The van der Waals surface area contributed by atoms with Crippen LogP contribution in [0.5, 0.6) is 0 Å². The molecule has 1 aromatic rings. The Kier molecular flexibility index (Phi) is 2.93. The third kappa shape index (κ3) is 2.12. The molecule has 4 rings (SSSR count). The largest absolute Gasteiger partial charge is 0.387 e. The number of fused-ring (bicyclic) bond motifs is 3. The molecule has 1 saturated carbocycles. The van der Waals surface area contributed by atoms with Crippen molar-refractivity contribution in [3.63, 3.8) is 0 Å². The zero-order valence-electron chi connectivity index (χ0n) is 12.2. The molecular weight excluding hydrogens is 272 g/mol. The van der Waals surface area contributed by atoms with E-state index in [0.717, 1.165) is 5.56 Å². The second-order valence-electron chi connectivity index (χ2n) is 6.48. The standard InChI is InChI=1S/C16H20O5/c1-15(2)19-12-11(17)13-16(21-13,14(12)20-15)9-18-8-10-6-4-3-5-7-10/h3-7,11-14,17H,8-9H2,1-2H3/t11-,12+,13+,14+,16-/m1/s1. The lowest BCUT2D eigenvalue weighted by atomic mass is 10.1. The van der Waals surface area contributed by atoms with Crippen LogP contribution in [-0.4, -0.2) is 47.5 Å². The summed E-state index contributed by atoms with van der Waals surface area (Å²) in [6.07, 6.45) is -1.46. The van der Waals surface area contributed by atoms with Crippen LogP contribution in [0, 0.1) is 0 Å². The van der Waals surface area contributed by atoms with Gasteiger partial charge in [-0.15, -0.1) is 0 Å². The molecule has 2 aliphatic heterocycles. The number of aliphatic hydroxyl groups excluding tert-OH is 1. The van der Waals surface area contributed by atoms with Gasteiger partial charge in [0.25, 0.3) is 0 Å². The highest BCUT2D eigenvalue weighted by molar-refractivity contribution is 5.24. The van der Waals surface area contributed by atoms with Crippen molar-refractivity contribution < 1.29 is 24.1 Å². The smallest absolute Gasteiger partial charge is 0.164 e. The first kappa shape index (κ1) is 13.7. The maximum absolute atomic E-state index is 10.2. The number of epoxide rings is 1. The molecule has 1 N–H and O–H groups in total. The predicted octanol–water partition coefficient (Wildman–Crippen LogP) is 1.24. The molecule has 114 valence electrons. The van der Waals surface area contributed by atoms with Gasteiger partial charge in [-0.25, -0.2) is 0 Å². The van der Waals surface area contributed by atoms with E-state index in [4.69, 9.17) is 18.9 Å². The molecule has 21 heavy (non-hydrogen) atoms. The van der Waals surface area contributed by atoms with E-state index in [1.165, 1.54) is 0 Å². The first-order valence-corrected chi connectivity index (χ1v) is 7.35. The van der Waals surface area contributed by atoms with E-state index in [1.807, 2.05) is 44.2 Å². The summed E-state index contributed by atoms with van der Waals surface area (Å²) in [4.78, 5) is 0. The maximum atomic E-state index is 10.2. The van der Waals surface area contributed by atoms with Crippen LogP contribution < -0.4 is 0 Å². The number of hydrogen-bond acceptors (Lipinski definition) is 5. The molecular formula is C16H20O5. The van der Waals surface area contributed by atoms with E-state index < -0.39 is 17.5 Å². The van der Waals surface area contributed by atoms with E-state index >= 15 is 0 Å². The van der Waals surface area contributed by atoms with Gasteiger partial charge in [0.05, 0.1) is 13.2 Å². The molecule has 3 fully saturated rings. The fraction of sp³-hybridized carbons (Fsp3) is 0.625. The first-order chi connectivity index (χ1) is 10.0. The second-order valence-corrected chi connectivity index (χ2v) is 6.48. The maximum Gasteiger partial charge on any atom is 0.164 e. The lowest BCUT2D eigenvalue weighted by Crippen LogP contribution is -2.39. The van der Waals surface area contributed by atoms with E-state index in [2.05, 4.69) is 0 Å². The van der Waals surface area contributed by atoms with E-state index in [9.17, 15) is 5.11 Å². The second kappa shape index (κ2) is 4.51. The Morgan fingerprint density at radius 1 is 1.10 bits per heavy atom. The van der Waals surface area contributed by atoms with Gasteiger partial charge >= 0.3 is 0 Å². The molecule has 5 nitrogen and oxygen atoms in total. The number of aliphatic hydroxyl groups is 1. The minimum atomic E-state index is -0.681. The number of hydrogen-bond donors (Lipinski definition) is 1. The molecule has 5 heteroatoms. The van der Waals surface area contributed by atoms with Crippen molar-refractivity contribution in [1.29, 1.82) is 0 Å². The summed E-state index contributed by atoms with van der Waals surface area (Å²) < 4.78 is 23.2. The van der Waals surface area contributed by atoms with Crippen molar-refractivity contribution >= 4 is 0 Å². The van der Waals surface area contributed by atoms with Gasteiger partial charge < -0.3 is 24.1 Å². The topological polar surface area (TPSA) is 60.5 Å². The van der Waals surface area contributed by atoms with E-state index in [0.29, 0.717) is 13.2 Å². The highest BCUT2D eigenvalue weighted by Gasteiger charge is 2.78. The summed E-state index contributed by atoms with van der Waals surface area (Å²) in [5.74, 6) is -0.681. The Bertz CT molecular complexity index is 531. The summed E-state index contributed by atoms with van der Waals surface area (Å²) >= 11 is 0. The average Bonchev–Trinajstić information content (AvgIpc) is 3.03. The lowest BCUT2D eigenvalue weighted by molar-refractivity contribution is -0.163. The Morgan fingerprint density at radius 2 is 1.86 bits per heavy atom. The third-order valence-electron chi connectivity index (χ3n) is 4.47. The molecule has 0 spiro atoms. The van der Waals surface area contributed by atoms with Crippen LogP contribution in [0.15, 0.2) is 30.3 Å². The molecule has 1 aromatic carbocycles. The monoisotopic (exact) mass is 292 g/mol. The third-order valence-corrected chi connectivity index (χ3v) is 4.47. The summed E-state index contributed by atoms with van der Waals surface area (Å²) in [6, 6.07) is 9.99. The van der Waals surface area contributed by atoms with Gasteiger partial charge in [-0.3, -0.25) is 0 Å². The molecule has 0 radical (unpaired) electrons. The van der Waals surface area contributed by atoms with Gasteiger partial charge in [-0.1, -0.05) is 30.3 Å². The fourth-order valence-electron chi connectivity index (χ4n) is 3.48. The van der Waals surface area contributed by atoms with Crippen molar-refractivity contribution in [3.05, 3.63) is 35.9 Å². The summed E-state index contributed by atoms with van der Waals surface area (Å²) in [7, 11) is 0. The Balaban J connectivity index is 1.42. The molecule has 2 heterocycles. The highest BCUT2D eigenvalue weighted by Crippen LogP contribution is 2.56. The van der Waals surface area contributed by atoms with Crippen LogP contribution in [-0.2, 0) is 25.6 Å². The fourth-order valence-corrected chi connectivity index (χ4v) is 3.48. The van der Waals surface area contributed by atoms with Crippen molar-refractivity contribution in [2.75, 3.05) is 6.61 Å². The summed E-state index contributed by atoms with van der Waals surface area (Å²) in [6.45, 7) is 4.64. The number of ether oxygens (including phenoxy) is 4. The minimum absolute atomic E-state index is 0.237. The molecule has 0 unspecified atom stereocenters. The van der Waals surface area contributed by atoms with Gasteiger partial charge in [-0.05, 0) is 19.4 Å². The SMILES string of the molecule is CC1(C)O[C@H]2[C@@H](O)[C@@H]3O[C@@]3(COCc3ccccc3)[C@H]2O1. The molecule has 0 aromatic heterocycles. The lowest BCUT2D eigenvalue weighted by Gasteiger charge is -2.21.